The Morgan fingerprint density at radius 1 is 0.727 bits per heavy atom. The molecule has 3 aliphatic rings. The highest BCUT2D eigenvalue weighted by molar-refractivity contribution is 6.39. The molecule has 4 amide bonds. The monoisotopic (exact) mass is 628 g/mol. The average Bonchev–Trinajstić information content (AvgIpc) is 3.45. The largest absolute Gasteiger partial charge is 0.482 e. The Balaban J connectivity index is 1.19. The number of rotatable bonds is 6. The predicted molar refractivity (Wildman–Crippen MR) is 170 cm³/mol. The topological polar surface area (TPSA) is 100 Å². The van der Waals surface area contributed by atoms with Crippen molar-refractivity contribution in [3.63, 3.8) is 0 Å². The summed E-state index contributed by atoms with van der Waals surface area (Å²) < 4.78 is 11.4. The van der Waals surface area contributed by atoms with Gasteiger partial charge in [-0.25, -0.2) is 4.79 Å². The lowest BCUT2D eigenvalue weighted by Gasteiger charge is -2.31. The van der Waals surface area contributed by atoms with Gasteiger partial charge in [-0.1, -0.05) is 71.7 Å². The Kier molecular flexibility index (Phi) is 7.27. The summed E-state index contributed by atoms with van der Waals surface area (Å²) in [5.41, 5.74) is 6.05. The lowest BCUT2D eigenvalue weighted by atomic mass is 9.95. The van der Waals surface area contributed by atoms with Gasteiger partial charge in [0.2, 0.25) is 0 Å². The van der Waals surface area contributed by atoms with E-state index in [1.807, 2.05) is 66.7 Å². The van der Waals surface area contributed by atoms with E-state index in [4.69, 9.17) is 32.7 Å². The maximum Gasteiger partial charge on any atom is 0.317 e. The van der Waals surface area contributed by atoms with E-state index >= 15 is 0 Å². The summed E-state index contributed by atoms with van der Waals surface area (Å²) in [4.78, 5) is 39.7. The minimum Gasteiger partial charge on any atom is -0.482 e. The molecule has 11 heteroatoms. The molecule has 0 aliphatic carbocycles. The molecular weight excluding hydrogens is 603 g/mol. The number of halogens is 2. The van der Waals surface area contributed by atoms with E-state index in [-0.39, 0.29) is 31.1 Å². The van der Waals surface area contributed by atoms with E-state index in [9.17, 15) is 14.4 Å². The van der Waals surface area contributed by atoms with Gasteiger partial charge in [0.1, 0.15) is 11.5 Å². The van der Waals surface area contributed by atoms with E-state index < -0.39 is 0 Å². The summed E-state index contributed by atoms with van der Waals surface area (Å²) in [6.45, 7) is 1.91. The SMILES string of the molecule is O=C1COc2cc(-c3cccc(-c4cccc(-c5ccc6c(c5)OCC(=O)N6CCN5CCNC5=O)c4Cl)c3Cl)ccc2N1. The zero-order valence-electron chi connectivity index (χ0n) is 23.4. The third-order valence-corrected chi connectivity index (χ3v) is 8.78. The first kappa shape index (κ1) is 28.1. The molecule has 0 bridgehead atoms. The zero-order valence-corrected chi connectivity index (χ0v) is 24.9. The first-order valence-corrected chi connectivity index (χ1v) is 14.9. The van der Waals surface area contributed by atoms with Gasteiger partial charge in [0.05, 0.1) is 21.4 Å². The predicted octanol–water partition coefficient (Wildman–Crippen LogP) is 6.08. The number of hydrogen-bond acceptors (Lipinski definition) is 5. The Hall–Kier alpha value is -4.73. The molecule has 3 aliphatic heterocycles. The first-order chi connectivity index (χ1) is 21.4. The van der Waals surface area contributed by atoms with Crippen molar-refractivity contribution in [2.24, 2.45) is 0 Å². The van der Waals surface area contributed by atoms with Crippen molar-refractivity contribution in [2.45, 2.75) is 0 Å². The van der Waals surface area contributed by atoms with Crippen LogP contribution in [0.25, 0.3) is 33.4 Å². The molecule has 4 aromatic rings. The second-order valence-electron chi connectivity index (χ2n) is 10.6. The van der Waals surface area contributed by atoms with Crippen molar-refractivity contribution in [1.82, 2.24) is 10.2 Å². The van der Waals surface area contributed by atoms with Crippen LogP contribution in [0.3, 0.4) is 0 Å². The van der Waals surface area contributed by atoms with Gasteiger partial charge in [-0.3, -0.25) is 9.59 Å². The molecule has 1 saturated heterocycles. The molecule has 0 spiro atoms. The molecule has 9 nitrogen and oxygen atoms in total. The molecule has 3 heterocycles. The summed E-state index contributed by atoms with van der Waals surface area (Å²) in [6, 6.07) is 22.6. The molecule has 0 saturated carbocycles. The number of fused-ring (bicyclic) bond motifs is 2. The van der Waals surface area contributed by atoms with Gasteiger partial charge in [-0.2, -0.15) is 0 Å². The summed E-state index contributed by atoms with van der Waals surface area (Å²) in [7, 11) is 0. The number of benzene rings is 4. The smallest absolute Gasteiger partial charge is 0.317 e. The van der Waals surface area contributed by atoms with Gasteiger partial charge in [0.25, 0.3) is 11.8 Å². The molecule has 0 atom stereocenters. The van der Waals surface area contributed by atoms with Crippen molar-refractivity contribution in [3.05, 3.63) is 82.8 Å². The number of nitrogens with zero attached hydrogens (tertiary/aromatic N) is 2. The third kappa shape index (κ3) is 5.08. The van der Waals surface area contributed by atoms with Crippen molar-refractivity contribution in [1.29, 1.82) is 0 Å². The van der Waals surface area contributed by atoms with Crippen LogP contribution in [-0.2, 0) is 9.59 Å². The quantitative estimate of drug-likeness (QED) is 0.270. The molecule has 2 N–H and O–H groups in total. The van der Waals surface area contributed by atoms with Crippen molar-refractivity contribution >= 4 is 52.4 Å². The van der Waals surface area contributed by atoms with Gasteiger partial charge in [0.15, 0.2) is 13.2 Å². The number of carbonyl (C=O) groups excluding carboxylic acids is 3. The van der Waals surface area contributed by atoms with Crippen LogP contribution < -0.4 is 25.0 Å². The summed E-state index contributed by atoms with van der Waals surface area (Å²) >= 11 is 14.1. The normalized spacial score (nSPS) is 15.6. The number of ether oxygens (including phenoxy) is 2. The highest BCUT2D eigenvalue weighted by Crippen LogP contribution is 2.45. The number of amides is 4. The Morgan fingerprint density at radius 3 is 2.05 bits per heavy atom. The number of hydrogen-bond donors (Lipinski definition) is 2. The molecule has 1 fully saturated rings. The maximum absolute atomic E-state index is 12.7. The number of urea groups is 1. The van der Waals surface area contributed by atoms with Crippen molar-refractivity contribution in [2.75, 3.05) is 49.6 Å². The summed E-state index contributed by atoms with van der Waals surface area (Å²) in [5.74, 6) is 0.805. The molecule has 4 aromatic carbocycles. The van der Waals surface area contributed by atoms with E-state index in [0.29, 0.717) is 59.1 Å². The van der Waals surface area contributed by atoms with Crippen LogP contribution in [0.5, 0.6) is 11.5 Å². The molecule has 0 radical (unpaired) electrons. The lowest BCUT2D eigenvalue weighted by molar-refractivity contribution is -0.121. The fourth-order valence-electron chi connectivity index (χ4n) is 5.73. The Bertz CT molecular complexity index is 1850. The van der Waals surface area contributed by atoms with Crippen LogP contribution in [0.15, 0.2) is 72.8 Å². The fourth-order valence-corrected chi connectivity index (χ4v) is 6.40. The van der Waals surface area contributed by atoms with Gasteiger partial charge >= 0.3 is 6.03 Å². The van der Waals surface area contributed by atoms with E-state index in [1.54, 1.807) is 15.9 Å². The van der Waals surface area contributed by atoms with Gasteiger partial charge < -0.3 is 29.9 Å². The van der Waals surface area contributed by atoms with Crippen LogP contribution in [0, 0.1) is 0 Å². The van der Waals surface area contributed by atoms with E-state index in [1.165, 1.54) is 0 Å². The maximum atomic E-state index is 12.7. The first-order valence-electron chi connectivity index (χ1n) is 14.1. The standard InChI is InChI=1S/C33H26Cl2N4O5/c34-31-21(19-7-9-25-27(15-19)43-17-29(40)37-25)3-1-5-23(31)24-6-2-4-22(32(24)35)20-8-10-26-28(16-20)44-18-30(41)39(26)14-13-38-12-11-36-33(38)42/h1-10,15-16H,11-14,17-18H2,(H,36,42)(H,37,40). The fraction of sp³-hybridized carbons (Fsp3) is 0.182. The van der Waals surface area contributed by atoms with Crippen LogP contribution in [0.4, 0.5) is 16.2 Å². The van der Waals surface area contributed by atoms with Crippen LogP contribution in [0.2, 0.25) is 10.0 Å². The van der Waals surface area contributed by atoms with Crippen LogP contribution in [-0.4, -0.2) is 62.1 Å². The van der Waals surface area contributed by atoms with E-state index in [2.05, 4.69) is 10.6 Å². The number of nitrogens with one attached hydrogen (secondary N) is 2. The zero-order chi connectivity index (χ0) is 30.4. The lowest BCUT2D eigenvalue weighted by Crippen LogP contribution is -2.44. The summed E-state index contributed by atoms with van der Waals surface area (Å²) in [5, 5.41) is 6.63. The molecule has 0 unspecified atom stereocenters. The van der Waals surface area contributed by atoms with Crippen molar-refractivity contribution < 1.29 is 23.9 Å². The molecule has 222 valence electrons. The second kappa shape index (κ2) is 11.4. The third-order valence-electron chi connectivity index (χ3n) is 7.97. The highest BCUT2D eigenvalue weighted by Gasteiger charge is 2.28. The second-order valence-corrected chi connectivity index (χ2v) is 11.4. The number of anilines is 2. The Morgan fingerprint density at radius 2 is 1.36 bits per heavy atom. The summed E-state index contributed by atoms with van der Waals surface area (Å²) in [6.07, 6.45) is 0. The molecule has 44 heavy (non-hydrogen) atoms. The average molecular weight is 630 g/mol. The molecular formula is C33H26Cl2N4O5. The van der Waals surface area contributed by atoms with E-state index in [0.717, 1.165) is 33.4 Å². The highest BCUT2D eigenvalue weighted by atomic mass is 35.5. The minimum atomic E-state index is -0.191. The van der Waals surface area contributed by atoms with Crippen LogP contribution >= 0.6 is 23.2 Å². The van der Waals surface area contributed by atoms with Crippen LogP contribution in [0.1, 0.15) is 0 Å². The van der Waals surface area contributed by atoms with Gasteiger partial charge in [0, 0.05) is 48.4 Å². The molecule has 0 aromatic heterocycles. The Labute approximate surface area is 263 Å². The van der Waals surface area contributed by atoms with Gasteiger partial charge in [-0.05, 0) is 35.4 Å². The number of carbonyl (C=O) groups is 3. The van der Waals surface area contributed by atoms with Crippen molar-refractivity contribution in [3.8, 4) is 44.9 Å². The minimum absolute atomic E-state index is 0.0357. The van der Waals surface area contributed by atoms with Gasteiger partial charge in [-0.15, -0.1) is 0 Å². The molecule has 7 rings (SSSR count).